The lowest BCUT2D eigenvalue weighted by Crippen LogP contribution is -2.34. The molecule has 0 radical (unpaired) electrons. The Morgan fingerprint density at radius 2 is 1.76 bits per heavy atom. The van der Waals surface area contributed by atoms with Crippen molar-refractivity contribution in [3.8, 4) is 11.4 Å². The molecule has 4 aromatic rings. The number of amides is 1. The van der Waals surface area contributed by atoms with Gasteiger partial charge in [0.15, 0.2) is 9.84 Å². The Bertz CT molecular complexity index is 1660. The lowest BCUT2D eigenvalue weighted by molar-refractivity contribution is -0.131. The second kappa shape index (κ2) is 14.7. The summed E-state index contributed by atoms with van der Waals surface area (Å²) in [6.07, 6.45) is 4.11. The fraction of sp³-hybridized carbons (Fsp3) is 0.290. The zero-order valence-corrected chi connectivity index (χ0v) is 26.7. The number of thiol groups is 1. The largest absolute Gasteiger partial charge is 0.425 e. The van der Waals surface area contributed by atoms with E-state index >= 15 is 0 Å². The third kappa shape index (κ3) is 8.37. The molecule has 238 valence electrons. The fourth-order valence-electron chi connectivity index (χ4n) is 4.92. The molecule has 1 amide bonds. The van der Waals surface area contributed by atoms with Gasteiger partial charge in [-0.05, 0) is 78.7 Å². The number of benzene rings is 3. The molecule has 1 aliphatic rings. The highest BCUT2D eigenvalue weighted by molar-refractivity contribution is 7.95. The molecule has 0 saturated carbocycles. The monoisotopic (exact) mass is 674 g/mol. The van der Waals surface area contributed by atoms with E-state index in [0.717, 1.165) is 11.4 Å². The van der Waals surface area contributed by atoms with Crippen LogP contribution in [0.1, 0.15) is 34.6 Å². The average Bonchev–Trinajstić information content (AvgIpc) is 3.74. The van der Waals surface area contributed by atoms with Crippen LogP contribution in [0.3, 0.4) is 0 Å². The number of ether oxygens (including phenoxy) is 1. The SMILES string of the molecule is CCS(=O)(=O)c1ccc([C@H](S)NC(=O)c2ccc(N3CC(SOc4ccc(-n5cccn5)cc4)C[C@H]3COC(F)F)cc2)cc1. The minimum absolute atomic E-state index is 0.00358. The number of sulfone groups is 1. The Labute approximate surface area is 270 Å². The van der Waals surface area contributed by atoms with Crippen LogP contribution in [0.5, 0.6) is 5.75 Å². The van der Waals surface area contributed by atoms with Crippen molar-refractivity contribution in [3.05, 3.63) is 102 Å². The molecule has 5 rings (SSSR count). The molecule has 14 heteroatoms. The lowest BCUT2D eigenvalue weighted by atomic mass is 10.1. The van der Waals surface area contributed by atoms with Crippen LogP contribution in [-0.2, 0) is 14.6 Å². The topological polar surface area (TPSA) is 103 Å². The van der Waals surface area contributed by atoms with Crippen LogP contribution in [0.25, 0.3) is 5.69 Å². The Morgan fingerprint density at radius 1 is 1.07 bits per heavy atom. The second-order valence-electron chi connectivity index (χ2n) is 10.3. The minimum atomic E-state index is -3.33. The molecule has 1 aliphatic heterocycles. The zero-order valence-electron chi connectivity index (χ0n) is 24.2. The van der Waals surface area contributed by atoms with Gasteiger partial charge < -0.3 is 19.1 Å². The molecule has 1 unspecified atom stereocenters. The number of carbonyl (C=O) groups excluding carboxylic acids is 1. The van der Waals surface area contributed by atoms with Gasteiger partial charge in [0.1, 0.15) is 5.75 Å². The van der Waals surface area contributed by atoms with Crippen LogP contribution in [0.4, 0.5) is 14.5 Å². The highest BCUT2D eigenvalue weighted by Crippen LogP contribution is 2.34. The van der Waals surface area contributed by atoms with E-state index in [1.807, 2.05) is 41.4 Å². The van der Waals surface area contributed by atoms with Crippen molar-refractivity contribution < 1.29 is 30.9 Å². The first-order chi connectivity index (χ1) is 21.6. The highest BCUT2D eigenvalue weighted by Gasteiger charge is 2.34. The number of carbonyl (C=O) groups is 1. The average molecular weight is 675 g/mol. The molecular formula is C31H32F2N4O5S3. The quantitative estimate of drug-likeness (QED) is 0.102. The zero-order chi connectivity index (χ0) is 32.0. The van der Waals surface area contributed by atoms with Crippen molar-refractivity contribution in [1.82, 2.24) is 15.1 Å². The fourth-order valence-corrected chi connectivity index (χ4v) is 6.97. The van der Waals surface area contributed by atoms with E-state index in [2.05, 4.69) is 27.8 Å². The van der Waals surface area contributed by atoms with Gasteiger partial charge in [0.05, 0.1) is 51.7 Å². The van der Waals surface area contributed by atoms with E-state index in [1.54, 1.807) is 54.2 Å². The number of alkyl halides is 2. The van der Waals surface area contributed by atoms with E-state index in [9.17, 15) is 22.0 Å². The molecule has 1 aromatic heterocycles. The van der Waals surface area contributed by atoms with Crippen LogP contribution in [0.2, 0.25) is 0 Å². The molecule has 0 aliphatic carbocycles. The van der Waals surface area contributed by atoms with Gasteiger partial charge in [-0.1, -0.05) is 19.1 Å². The summed E-state index contributed by atoms with van der Waals surface area (Å²) in [6.45, 7) is -0.930. The minimum Gasteiger partial charge on any atom is -0.425 e. The Kier molecular flexibility index (Phi) is 10.7. The van der Waals surface area contributed by atoms with Gasteiger partial charge in [0, 0.05) is 30.2 Å². The standard InChI is InChI=1S/C31H32F2N4O5S3/c1-2-45(39,40)28-14-6-22(7-15-28)30(43)35-29(38)21-4-8-23(9-5-21)36-19-27(18-25(36)20-41-31(32)33)44-42-26-12-10-24(11-13-26)37-17-3-16-34-37/h3-17,25,27,30-31,43H,2,18-20H2,1H3,(H,35,38)/t25-,27?,30-/m0/s1. The lowest BCUT2D eigenvalue weighted by Gasteiger charge is -2.26. The summed E-state index contributed by atoms with van der Waals surface area (Å²) in [4.78, 5) is 15.1. The molecular weight excluding hydrogens is 643 g/mol. The molecule has 3 atom stereocenters. The molecule has 1 saturated heterocycles. The highest BCUT2D eigenvalue weighted by atomic mass is 32.2. The summed E-state index contributed by atoms with van der Waals surface area (Å²) < 4.78 is 62.3. The molecule has 2 heterocycles. The Morgan fingerprint density at radius 3 is 2.38 bits per heavy atom. The smallest absolute Gasteiger partial charge is 0.345 e. The Hall–Kier alpha value is -3.59. The third-order valence-corrected chi connectivity index (χ3v) is 10.4. The first-order valence-corrected chi connectivity index (χ1v) is 17.1. The van der Waals surface area contributed by atoms with E-state index in [1.165, 1.54) is 24.2 Å². The number of nitrogens with one attached hydrogen (secondary N) is 1. The van der Waals surface area contributed by atoms with E-state index < -0.39 is 21.8 Å². The summed E-state index contributed by atoms with van der Waals surface area (Å²) >= 11 is 5.75. The molecule has 9 nitrogen and oxygen atoms in total. The van der Waals surface area contributed by atoms with Gasteiger partial charge in [0.2, 0.25) is 0 Å². The molecule has 0 bridgehead atoms. The molecule has 45 heavy (non-hydrogen) atoms. The third-order valence-electron chi connectivity index (χ3n) is 7.34. The summed E-state index contributed by atoms with van der Waals surface area (Å²) in [6, 6.07) is 22.1. The van der Waals surface area contributed by atoms with Crippen molar-refractivity contribution in [2.75, 3.05) is 23.8 Å². The van der Waals surface area contributed by atoms with E-state index in [4.69, 9.17) is 4.18 Å². The second-order valence-corrected chi connectivity index (χ2v) is 14.1. The van der Waals surface area contributed by atoms with Crippen LogP contribution in [0, 0.1) is 0 Å². The van der Waals surface area contributed by atoms with Crippen LogP contribution >= 0.6 is 24.7 Å². The van der Waals surface area contributed by atoms with Crippen molar-refractivity contribution >= 4 is 46.1 Å². The van der Waals surface area contributed by atoms with Gasteiger partial charge in [-0.15, -0.1) is 12.6 Å². The van der Waals surface area contributed by atoms with Crippen molar-refractivity contribution in [2.45, 2.75) is 41.5 Å². The normalized spacial score (nSPS) is 17.4. The molecule has 1 fully saturated rings. The van der Waals surface area contributed by atoms with Crippen LogP contribution < -0.4 is 14.4 Å². The first kappa shape index (κ1) is 32.8. The molecule has 1 N–H and O–H groups in total. The number of hydrogen-bond acceptors (Lipinski definition) is 9. The maximum Gasteiger partial charge on any atom is 0.345 e. The van der Waals surface area contributed by atoms with Crippen molar-refractivity contribution in [1.29, 1.82) is 0 Å². The van der Waals surface area contributed by atoms with Gasteiger partial charge >= 0.3 is 6.61 Å². The number of anilines is 1. The number of nitrogens with zero attached hydrogens (tertiary/aromatic N) is 3. The van der Waals surface area contributed by atoms with Crippen molar-refractivity contribution in [2.24, 2.45) is 0 Å². The number of rotatable bonds is 13. The Balaban J connectivity index is 1.20. The summed E-state index contributed by atoms with van der Waals surface area (Å²) in [7, 11) is -3.33. The van der Waals surface area contributed by atoms with E-state index in [0.29, 0.717) is 29.8 Å². The van der Waals surface area contributed by atoms with Gasteiger partial charge in [-0.25, -0.2) is 13.1 Å². The van der Waals surface area contributed by atoms with Crippen LogP contribution in [-0.4, -0.2) is 60.9 Å². The van der Waals surface area contributed by atoms with Gasteiger partial charge in [-0.3, -0.25) is 4.79 Å². The van der Waals surface area contributed by atoms with Crippen molar-refractivity contribution in [3.63, 3.8) is 0 Å². The summed E-state index contributed by atoms with van der Waals surface area (Å²) in [5, 5.41) is 6.33. The predicted molar refractivity (Wildman–Crippen MR) is 173 cm³/mol. The van der Waals surface area contributed by atoms with Crippen LogP contribution in [0.15, 0.2) is 96.2 Å². The maximum atomic E-state index is 12.9. The predicted octanol–water partition coefficient (Wildman–Crippen LogP) is 5.94. The van der Waals surface area contributed by atoms with Gasteiger partial charge in [0.25, 0.3) is 5.91 Å². The summed E-state index contributed by atoms with van der Waals surface area (Å²) in [5.41, 5.74) is 2.68. The number of aromatic nitrogens is 2. The number of hydrogen-bond donors (Lipinski definition) is 2. The summed E-state index contributed by atoms with van der Waals surface area (Å²) in [5.74, 6) is 0.289. The first-order valence-electron chi connectivity index (χ1n) is 14.1. The molecule has 3 aromatic carbocycles. The number of halogens is 2. The molecule has 0 spiro atoms. The maximum absolute atomic E-state index is 12.9. The van der Waals surface area contributed by atoms with E-state index in [-0.39, 0.29) is 34.5 Å². The van der Waals surface area contributed by atoms with Gasteiger partial charge in [-0.2, -0.15) is 13.9 Å².